The second-order valence-corrected chi connectivity index (χ2v) is 9.89. The molecule has 1 saturated carbocycles. The third-order valence-electron chi connectivity index (χ3n) is 6.35. The molecule has 1 amide bonds. The summed E-state index contributed by atoms with van der Waals surface area (Å²) in [5.74, 6) is -0.782. The fourth-order valence-corrected chi connectivity index (χ4v) is 4.79. The van der Waals surface area contributed by atoms with Crippen LogP contribution in [0.15, 0.2) is 24.4 Å². The van der Waals surface area contributed by atoms with Crippen LogP contribution in [0.25, 0.3) is 0 Å². The number of nitrogens with zero attached hydrogens (tertiary/aromatic N) is 2. The van der Waals surface area contributed by atoms with Gasteiger partial charge in [0.25, 0.3) is 0 Å². The second kappa shape index (κ2) is 9.19. The van der Waals surface area contributed by atoms with Gasteiger partial charge in [-0.05, 0) is 43.0 Å². The highest BCUT2D eigenvalue weighted by Gasteiger charge is 2.59. The molecule has 0 radical (unpaired) electrons. The summed E-state index contributed by atoms with van der Waals surface area (Å²) in [7, 11) is 0. The molecule has 2 aromatic rings. The van der Waals surface area contributed by atoms with Crippen LogP contribution in [0.5, 0.6) is 0 Å². The SMILES string of the molecule is O=C(NCc1cnc(N2CCC(c3cc(Cl)c(Cl)c(Cl)c3)(C(F)(F)F)C2)cc1C(F)(F)F)C1CC1. The van der Waals surface area contributed by atoms with Crippen LogP contribution in [0.4, 0.5) is 32.2 Å². The number of benzene rings is 1. The van der Waals surface area contributed by atoms with Crippen molar-refractivity contribution in [1.82, 2.24) is 10.3 Å². The van der Waals surface area contributed by atoms with E-state index in [9.17, 15) is 31.1 Å². The zero-order valence-corrected chi connectivity index (χ0v) is 20.1. The van der Waals surface area contributed by atoms with Crippen LogP contribution in [0.3, 0.4) is 0 Å². The number of halogens is 9. The zero-order chi connectivity index (χ0) is 25.8. The van der Waals surface area contributed by atoms with E-state index in [0.717, 1.165) is 23.2 Å². The minimum absolute atomic E-state index is 0.0925. The van der Waals surface area contributed by atoms with E-state index < -0.39 is 36.3 Å². The van der Waals surface area contributed by atoms with Crippen LogP contribution in [-0.4, -0.2) is 30.2 Å². The van der Waals surface area contributed by atoms with E-state index in [4.69, 9.17) is 34.8 Å². The van der Waals surface area contributed by atoms with Crippen molar-refractivity contribution >= 4 is 46.5 Å². The lowest BCUT2D eigenvalue weighted by atomic mass is 9.79. The van der Waals surface area contributed by atoms with E-state index in [-0.39, 0.29) is 56.9 Å². The van der Waals surface area contributed by atoms with E-state index in [2.05, 4.69) is 10.3 Å². The molecule has 2 aliphatic rings. The van der Waals surface area contributed by atoms with Crippen LogP contribution in [0.2, 0.25) is 15.1 Å². The first-order valence-corrected chi connectivity index (χ1v) is 11.7. The van der Waals surface area contributed by atoms with Crippen molar-refractivity contribution in [2.45, 2.75) is 43.6 Å². The summed E-state index contributed by atoms with van der Waals surface area (Å²) in [6.45, 7) is -1.28. The van der Waals surface area contributed by atoms with Crippen LogP contribution >= 0.6 is 34.8 Å². The number of hydrogen-bond donors (Lipinski definition) is 1. The van der Waals surface area contributed by atoms with Crippen molar-refractivity contribution in [3.63, 3.8) is 0 Å². The Labute approximate surface area is 211 Å². The number of nitrogens with one attached hydrogen (secondary N) is 1. The molecule has 2 fully saturated rings. The Bertz CT molecular complexity index is 1130. The Balaban J connectivity index is 1.65. The fourth-order valence-electron chi connectivity index (χ4n) is 4.19. The van der Waals surface area contributed by atoms with Gasteiger partial charge in [0.1, 0.15) is 11.2 Å². The molecule has 1 N–H and O–H groups in total. The maximum Gasteiger partial charge on any atom is 0.416 e. The van der Waals surface area contributed by atoms with E-state index >= 15 is 0 Å². The summed E-state index contributed by atoms with van der Waals surface area (Å²) in [5.41, 5.74) is -4.02. The largest absolute Gasteiger partial charge is 0.416 e. The predicted molar refractivity (Wildman–Crippen MR) is 120 cm³/mol. The monoisotopic (exact) mass is 559 g/mol. The second-order valence-electron chi connectivity index (χ2n) is 8.69. The van der Waals surface area contributed by atoms with Gasteiger partial charge in [0.15, 0.2) is 0 Å². The van der Waals surface area contributed by atoms with Gasteiger partial charge in [-0.2, -0.15) is 26.3 Å². The van der Waals surface area contributed by atoms with Crippen molar-refractivity contribution < 1.29 is 31.1 Å². The summed E-state index contributed by atoms with van der Waals surface area (Å²) in [6, 6.07) is 2.87. The highest BCUT2D eigenvalue weighted by Crippen LogP contribution is 2.50. The van der Waals surface area contributed by atoms with Gasteiger partial charge in [-0.25, -0.2) is 4.98 Å². The quantitative estimate of drug-likeness (QED) is 0.323. The smallest absolute Gasteiger partial charge is 0.355 e. The molecule has 4 nitrogen and oxygen atoms in total. The minimum atomic E-state index is -4.80. The first-order valence-electron chi connectivity index (χ1n) is 10.5. The molecule has 1 unspecified atom stereocenters. The molecular weight excluding hydrogens is 543 g/mol. The molecule has 1 aromatic carbocycles. The molecule has 4 rings (SSSR count). The summed E-state index contributed by atoms with van der Waals surface area (Å²) < 4.78 is 84.3. The molecule has 1 aromatic heterocycles. The molecule has 190 valence electrons. The number of rotatable bonds is 5. The molecule has 0 spiro atoms. The molecule has 0 bridgehead atoms. The molecule has 1 saturated heterocycles. The van der Waals surface area contributed by atoms with Gasteiger partial charge in [-0.3, -0.25) is 4.79 Å². The van der Waals surface area contributed by atoms with Crippen molar-refractivity contribution in [3.8, 4) is 0 Å². The average molecular weight is 561 g/mol. The lowest BCUT2D eigenvalue weighted by Gasteiger charge is -2.33. The molecule has 1 atom stereocenters. The Kier molecular flexibility index (Phi) is 6.87. The topological polar surface area (TPSA) is 45.2 Å². The third-order valence-corrected chi connectivity index (χ3v) is 7.55. The molecule has 13 heteroatoms. The maximum atomic E-state index is 14.3. The number of carbonyl (C=O) groups is 1. The Morgan fingerprint density at radius 2 is 1.71 bits per heavy atom. The highest BCUT2D eigenvalue weighted by molar-refractivity contribution is 6.48. The van der Waals surface area contributed by atoms with Crippen molar-refractivity contribution in [3.05, 3.63) is 56.2 Å². The maximum absolute atomic E-state index is 14.3. The third kappa shape index (κ3) is 5.15. The average Bonchev–Trinajstić information content (AvgIpc) is 3.51. The van der Waals surface area contributed by atoms with E-state index in [0.29, 0.717) is 18.9 Å². The van der Waals surface area contributed by atoms with Crippen LogP contribution in [0, 0.1) is 5.92 Å². The molecule has 1 aliphatic heterocycles. The zero-order valence-electron chi connectivity index (χ0n) is 17.8. The standard InChI is InChI=1S/C22H18Cl3F6N3O/c23-15-5-13(6-16(24)18(15)25)20(22(29,30)31)3-4-34(10-20)17-7-14(21(26,27)28)12(8-32-17)9-33-19(35)11-1-2-11/h5-8,11H,1-4,9-10H2,(H,33,35). The number of amides is 1. The Hall–Kier alpha value is -1.91. The Morgan fingerprint density at radius 3 is 2.26 bits per heavy atom. The molecular formula is C22H18Cl3F6N3O. The van der Waals surface area contributed by atoms with Crippen LogP contribution < -0.4 is 10.2 Å². The van der Waals surface area contributed by atoms with Crippen molar-refractivity contribution in [2.24, 2.45) is 5.92 Å². The van der Waals surface area contributed by atoms with E-state index in [1.165, 1.54) is 0 Å². The number of anilines is 1. The normalized spacial score (nSPS) is 20.9. The summed E-state index contributed by atoms with van der Waals surface area (Å²) in [6.07, 6.45) is -7.69. The van der Waals surface area contributed by atoms with Crippen molar-refractivity contribution in [1.29, 1.82) is 0 Å². The minimum Gasteiger partial charge on any atom is -0.355 e. The number of hydrogen-bond acceptors (Lipinski definition) is 3. The van der Waals surface area contributed by atoms with Gasteiger partial charge in [-0.15, -0.1) is 0 Å². The predicted octanol–water partition coefficient (Wildman–Crippen LogP) is 6.80. The van der Waals surface area contributed by atoms with Crippen LogP contribution in [-0.2, 0) is 22.9 Å². The Morgan fingerprint density at radius 1 is 1.09 bits per heavy atom. The summed E-state index contributed by atoms with van der Waals surface area (Å²) >= 11 is 17.8. The highest BCUT2D eigenvalue weighted by atomic mass is 35.5. The van der Waals surface area contributed by atoms with Gasteiger partial charge in [0.2, 0.25) is 5.91 Å². The number of pyridine rings is 1. The lowest BCUT2D eigenvalue weighted by Crippen LogP contribution is -2.45. The van der Waals surface area contributed by atoms with Gasteiger partial charge >= 0.3 is 12.4 Å². The van der Waals surface area contributed by atoms with Gasteiger partial charge in [-0.1, -0.05) is 34.8 Å². The molecule has 2 heterocycles. The lowest BCUT2D eigenvalue weighted by molar-refractivity contribution is -0.184. The number of aromatic nitrogens is 1. The van der Waals surface area contributed by atoms with Gasteiger partial charge in [0, 0.05) is 37.3 Å². The van der Waals surface area contributed by atoms with Gasteiger partial charge in [0.05, 0.1) is 20.6 Å². The summed E-state index contributed by atoms with van der Waals surface area (Å²) in [4.78, 5) is 17.0. The van der Waals surface area contributed by atoms with Crippen molar-refractivity contribution in [2.75, 3.05) is 18.0 Å². The fraction of sp³-hybridized carbons (Fsp3) is 0.455. The summed E-state index contributed by atoms with van der Waals surface area (Å²) in [5, 5.41) is 2.04. The first kappa shape index (κ1) is 26.2. The van der Waals surface area contributed by atoms with Gasteiger partial charge < -0.3 is 10.2 Å². The van der Waals surface area contributed by atoms with E-state index in [1.807, 2.05) is 0 Å². The van der Waals surface area contributed by atoms with E-state index in [1.54, 1.807) is 0 Å². The van der Waals surface area contributed by atoms with Crippen LogP contribution in [0.1, 0.15) is 36.0 Å². The number of carbonyl (C=O) groups excluding carboxylic acids is 1. The molecule has 1 aliphatic carbocycles. The first-order chi connectivity index (χ1) is 16.2. The molecule has 35 heavy (non-hydrogen) atoms. The number of alkyl halides is 6.